The summed E-state index contributed by atoms with van der Waals surface area (Å²) in [5.74, 6) is -1.10. The lowest BCUT2D eigenvalue weighted by Crippen LogP contribution is -2.28. The number of aldehydes is 1. The molecule has 0 heterocycles. The van der Waals surface area contributed by atoms with Crippen LogP contribution >= 0.6 is 0 Å². The lowest BCUT2D eigenvalue weighted by molar-refractivity contribution is -0.0500. The van der Waals surface area contributed by atoms with E-state index in [0.717, 1.165) is 19.2 Å². The summed E-state index contributed by atoms with van der Waals surface area (Å²) in [6, 6.07) is 3.56. The number of alkyl halides is 3. The maximum absolute atomic E-state index is 12.1. The van der Waals surface area contributed by atoms with Gasteiger partial charge in [0.05, 0.1) is 12.7 Å². The summed E-state index contributed by atoms with van der Waals surface area (Å²) < 4.78 is 66.7. The van der Waals surface area contributed by atoms with Gasteiger partial charge in [0.2, 0.25) is 0 Å². The normalized spacial score (nSPS) is 12.0. The highest BCUT2D eigenvalue weighted by atomic mass is 32.2. The number of ether oxygens (including phenoxy) is 1. The number of rotatable bonds is 4. The molecule has 0 aliphatic rings. The van der Waals surface area contributed by atoms with Crippen LogP contribution in [0.1, 0.15) is 10.4 Å². The van der Waals surface area contributed by atoms with Crippen molar-refractivity contribution in [2.24, 2.45) is 0 Å². The average molecular weight is 284 g/mol. The zero-order chi connectivity index (χ0) is 14.0. The first-order chi connectivity index (χ1) is 8.23. The van der Waals surface area contributed by atoms with Crippen LogP contribution in [0, 0.1) is 0 Å². The van der Waals surface area contributed by atoms with Crippen molar-refractivity contribution in [1.29, 1.82) is 0 Å². The van der Waals surface area contributed by atoms with Crippen LogP contribution in [0.5, 0.6) is 11.5 Å². The minimum absolute atomic E-state index is 0.156. The van der Waals surface area contributed by atoms with Gasteiger partial charge in [0, 0.05) is 0 Å². The number of hydrogen-bond donors (Lipinski definition) is 0. The Morgan fingerprint density at radius 3 is 2.33 bits per heavy atom. The van der Waals surface area contributed by atoms with Crippen LogP contribution in [0.4, 0.5) is 13.2 Å². The number of hydrogen-bond acceptors (Lipinski definition) is 5. The van der Waals surface area contributed by atoms with Crippen LogP contribution < -0.4 is 8.92 Å². The topological polar surface area (TPSA) is 69.7 Å². The minimum atomic E-state index is -5.85. The fourth-order valence-electron chi connectivity index (χ4n) is 1.03. The molecule has 0 N–H and O–H groups in total. The lowest BCUT2D eigenvalue weighted by Gasteiger charge is -2.13. The number of carbonyl (C=O) groups is 1. The zero-order valence-corrected chi connectivity index (χ0v) is 9.71. The van der Waals surface area contributed by atoms with Gasteiger partial charge >= 0.3 is 15.6 Å². The maximum Gasteiger partial charge on any atom is 0.534 e. The van der Waals surface area contributed by atoms with Gasteiger partial charge in [-0.3, -0.25) is 4.79 Å². The molecule has 0 saturated carbocycles. The van der Waals surface area contributed by atoms with Crippen molar-refractivity contribution in [1.82, 2.24) is 0 Å². The number of para-hydroxylation sites is 1. The summed E-state index contributed by atoms with van der Waals surface area (Å²) in [4.78, 5) is 10.6. The molecule has 0 unspecified atom stereocenters. The molecule has 0 bridgehead atoms. The van der Waals surface area contributed by atoms with Crippen molar-refractivity contribution in [3.63, 3.8) is 0 Å². The smallest absolute Gasteiger partial charge is 0.493 e. The predicted molar refractivity (Wildman–Crippen MR) is 54.0 cm³/mol. The summed E-state index contributed by atoms with van der Waals surface area (Å²) in [5.41, 5.74) is -5.96. The summed E-state index contributed by atoms with van der Waals surface area (Å²) in [6.07, 6.45) is 0.156. The van der Waals surface area contributed by atoms with Crippen LogP contribution in [0.25, 0.3) is 0 Å². The first-order valence-corrected chi connectivity index (χ1v) is 5.76. The van der Waals surface area contributed by atoms with Crippen LogP contribution in [-0.2, 0) is 10.1 Å². The van der Waals surface area contributed by atoms with E-state index in [4.69, 9.17) is 0 Å². The van der Waals surface area contributed by atoms with Crippen molar-refractivity contribution < 1.29 is 35.3 Å². The Bertz CT molecular complexity index is 550. The Morgan fingerprint density at radius 1 is 1.28 bits per heavy atom. The van der Waals surface area contributed by atoms with Crippen LogP contribution in [0.3, 0.4) is 0 Å². The van der Waals surface area contributed by atoms with Gasteiger partial charge in [-0.25, -0.2) is 0 Å². The molecule has 0 spiro atoms. The fraction of sp³-hybridized carbons (Fsp3) is 0.222. The predicted octanol–water partition coefficient (Wildman–Crippen LogP) is 1.74. The van der Waals surface area contributed by atoms with E-state index in [-0.39, 0.29) is 17.6 Å². The van der Waals surface area contributed by atoms with E-state index in [1.54, 1.807) is 0 Å². The molecule has 18 heavy (non-hydrogen) atoms. The van der Waals surface area contributed by atoms with Gasteiger partial charge in [-0.2, -0.15) is 21.6 Å². The molecule has 0 fully saturated rings. The average Bonchev–Trinajstić information content (AvgIpc) is 2.27. The summed E-state index contributed by atoms with van der Waals surface area (Å²) >= 11 is 0. The second kappa shape index (κ2) is 4.84. The molecular weight excluding hydrogens is 277 g/mol. The Hall–Kier alpha value is -1.77. The van der Waals surface area contributed by atoms with Crippen LogP contribution in [0.2, 0.25) is 0 Å². The summed E-state index contributed by atoms with van der Waals surface area (Å²) in [6.45, 7) is 0. The fourth-order valence-corrected chi connectivity index (χ4v) is 1.52. The molecule has 0 aliphatic carbocycles. The SMILES string of the molecule is COc1cccc(C=O)c1OS(=O)(=O)C(F)(F)F. The highest BCUT2D eigenvalue weighted by Gasteiger charge is 2.49. The Labute approximate surface area is 100 Å². The highest BCUT2D eigenvalue weighted by Crippen LogP contribution is 2.34. The van der Waals surface area contributed by atoms with E-state index in [1.807, 2.05) is 0 Å². The van der Waals surface area contributed by atoms with E-state index in [9.17, 15) is 26.4 Å². The third-order valence-electron chi connectivity index (χ3n) is 1.83. The van der Waals surface area contributed by atoms with Gasteiger partial charge in [-0.15, -0.1) is 0 Å². The van der Waals surface area contributed by atoms with E-state index < -0.39 is 21.4 Å². The van der Waals surface area contributed by atoms with Crippen molar-refractivity contribution in [3.8, 4) is 11.5 Å². The summed E-state index contributed by atoms with van der Waals surface area (Å²) in [7, 11) is -4.76. The Morgan fingerprint density at radius 2 is 1.89 bits per heavy atom. The number of methoxy groups -OCH3 is 1. The molecule has 9 heteroatoms. The van der Waals surface area contributed by atoms with Crippen molar-refractivity contribution in [2.75, 3.05) is 7.11 Å². The molecule has 0 radical (unpaired) electrons. The first kappa shape index (κ1) is 14.3. The van der Waals surface area contributed by atoms with Gasteiger partial charge in [-0.1, -0.05) is 6.07 Å². The molecule has 1 aromatic carbocycles. The van der Waals surface area contributed by atoms with Gasteiger partial charge < -0.3 is 8.92 Å². The molecule has 100 valence electrons. The van der Waals surface area contributed by atoms with E-state index >= 15 is 0 Å². The maximum atomic E-state index is 12.1. The standard InChI is InChI=1S/C9H7F3O5S/c1-16-7-4-2-3-6(5-13)8(7)17-18(14,15)9(10,11)12/h2-5H,1H3. The molecule has 0 aromatic heterocycles. The number of benzene rings is 1. The Balaban J connectivity index is 3.31. The summed E-state index contributed by atoms with van der Waals surface area (Å²) in [5, 5.41) is 0. The zero-order valence-electron chi connectivity index (χ0n) is 8.89. The van der Waals surface area contributed by atoms with E-state index in [0.29, 0.717) is 0 Å². The quantitative estimate of drug-likeness (QED) is 0.478. The monoisotopic (exact) mass is 284 g/mol. The molecule has 5 nitrogen and oxygen atoms in total. The molecule has 0 saturated heterocycles. The van der Waals surface area contributed by atoms with Gasteiger partial charge in [0.1, 0.15) is 0 Å². The van der Waals surface area contributed by atoms with Gasteiger partial charge in [-0.05, 0) is 12.1 Å². The molecule has 0 atom stereocenters. The molecular formula is C9H7F3O5S. The van der Waals surface area contributed by atoms with Crippen molar-refractivity contribution >= 4 is 16.4 Å². The van der Waals surface area contributed by atoms with Gasteiger partial charge in [0.25, 0.3) is 0 Å². The second-order valence-electron chi connectivity index (χ2n) is 2.98. The van der Waals surface area contributed by atoms with Gasteiger partial charge in [0.15, 0.2) is 17.8 Å². The van der Waals surface area contributed by atoms with Crippen LogP contribution in [0.15, 0.2) is 18.2 Å². The number of halogens is 3. The molecule has 0 amide bonds. The molecule has 1 aromatic rings. The second-order valence-corrected chi connectivity index (χ2v) is 4.52. The van der Waals surface area contributed by atoms with Crippen LogP contribution in [-0.4, -0.2) is 27.3 Å². The lowest BCUT2D eigenvalue weighted by atomic mass is 10.2. The minimum Gasteiger partial charge on any atom is -0.493 e. The number of carbonyl (C=O) groups excluding carboxylic acids is 1. The largest absolute Gasteiger partial charge is 0.534 e. The molecule has 1 rings (SSSR count). The van der Waals surface area contributed by atoms with E-state index in [2.05, 4.69) is 8.92 Å². The third kappa shape index (κ3) is 2.73. The first-order valence-electron chi connectivity index (χ1n) is 4.36. The highest BCUT2D eigenvalue weighted by molar-refractivity contribution is 7.88. The van der Waals surface area contributed by atoms with E-state index in [1.165, 1.54) is 6.07 Å². The third-order valence-corrected chi connectivity index (χ3v) is 2.79. The Kier molecular flexibility index (Phi) is 3.85. The molecule has 0 aliphatic heterocycles. The van der Waals surface area contributed by atoms with Crippen molar-refractivity contribution in [2.45, 2.75) is 5.51 Å². The van der Waals surface area contributed by atoms with Crippen molar-refractivity contribution in [3.05, 3.63) is 23.8 Å².